The number of hydrogen-bond donors (Lipinski definition) is 1. The molecule has 0 spiro atoms. The lowest BCUT2D eigenvalue weighted by atomic mass is 10.2. The second-order valence-electron chi connectivity index (χ2n) is 1.52. The minimum absolute atomic E-state index is 0.0250. The van der Waals surface area contributed by atoms with Gasteiger partial charge in [0.05, 0.1) is 6.67 Å². The van der Waals surface area contributed by atoms with Crippen molar-refractivity contribution in [2.24, 2.45) is 5.73 Å². The molecule has 2 nitrogen and oxygen atoms in total. The second-order valence-corrected chi connectivity index (χ2v) is 1.52. The standard InChI is InChI=1S/C5H10FNO/c6-3-1-5(8)2-4-7/h1-4,7H2. The van der Waals surface area contributed by atoms with Gasteiger partial charge in [-0.2, -0.15) is 0 Å². The van der Waals surface area contributed by atoms with Crippen LogP contribution in [0.3, 0.4) is 0 Å². The molecule has 0 aliphatic heterocycles. The summed E-state index contributed by atoms with van der Waals surface area (Å²) < 4.78 is 11.3. The first-order valence-electron chi connectivity index (χ1n) is 2.59. The van der Waals surface area contributed by atoms with Crippen molar-refractivity contribution in [1.29, 1.82) is 0 Å². The predicted molar refractivity (Wildman–Crippen MR) is 29.3 cm³/mol. The Labute approximate surface area is 47.9 Å². The van der Waals surface area contributed by atoms with Gasteiger partial charge < -0.3 is 5.73 Å². The van der Waals surface area contributed by atoms with E-state index < -0.39 is 6.67 Å². The predicted octanol–water partition coefficient (Wildman–Crippen LogP) is 0.264. The zero-order chi connectivity index (χ0) is 6.41. The molecule has 48 valence electrons. The smallest absolute Gasteiger partial charge is 0.136 e. The lowest BCUT2D eigenvalue weighted by molar-refractivity contribution is -0.119. The highest BCUT2D eigenvalue weighted by atomic mass is 19.1. The van der Waals surface area contributed by atoms with E-state index in [9.17, 15) is 9.18 Å². The number of ketones is 1. The fraction of sp³-hybridized carbons (Fsp3) is 0.800. The van der Waals surface area contributed by atoms with E-state index >= 15 is 0 Å². The van der Waals surface area contributed by atoms with Crippen LogP contribution in [-0.2, 0) is 4.79 Å². The van der Waals surface area contributed by atoms with Crippen LogP contribution < -0.4 is 5.73 Å². The summed E-state index contributed by atoms with van der Waals surface area (Å²) in [5.74, 6) is -0.0880. The highest BCUT2D eigenvalue weighted by molar-refractivity contribution is 5.78. The monoisotopic (exact) mass is 119 g/mol. The van der Waals surface area contributed by atoms with Gasteiger partial charge in [-0.1, -0.05) is 0 Å². The van der Waals surface area contributed by atoms with Crippen molar-refractivity contribution in [3.05, 3.63) is 0 Å². The first-order valence-corrected chi connectivity index (χ1v) is 2.59. The minimum Gasteiger partial charge on any atom is -0.330 e. The van der Waals surface area contributed by atoms with Crippen LogP contribution in [0.2, 0.25) is 0 Å². The minimum atomic E-state index is -0.557. The summed E-state index contributed by atoms with van der Waals surface area (Å²) in [4.78, 5) is 10.3. The fourth-order valence-corrected chi connectivity index (χ4v) is 0.391. The number of Topliss-reactive ketones (excluding diaryl/α,β-unsaturated/α-hetero) is 1. The second kappa shape index (κ2) is 4.71. The Balaban J connectivity index is 3.06. The van der Waals surface area contributed by atoms with E-state index in [4.69, 9.17) is 5.73 Å². The van der Waals surface area contributed by atoms with Crippen molar-refractivity contribution in [3.63, 3.8) is 0 Å². The summed E-state index contributed by atoms with van der Waals surface area (Å²) in [5.41, 5.74) is 5.02. The Bertz CT molecular complexity index is 66.8. The maximum atomic E-state index is 11.3. The molecular formula is C5H10FNO. The van der Waals surface area contributed by atoms with Gasteiger partial charge in [-0.25, -0.2) is 0 Å². The van der Waals surface area contributed by atoms with Gasteiger partial charge in [-0.3, -0.25) is 9.18 Å². The summed E-state index contributed by atoms with van der Waals surface area (Å²) in [6, 6.07) is 0. The SMILES string of the molecule is NCCC(=O)CCF. The molecule has 0 rings (SSSR count). The van der Waals surface area contributed by atoms with Gasteiger partial charge in [-0.15, -0.1) is 0 Å². The molecule has 0 aromatic heterocycles. The number of nitrogens with two attached hydrogens (primary N) is 1. The molecule has 0 unspecified atom stereocenters. The molecule has 0 radical (unpaired) electrons. The molecule has 0 bridgehead atoms. The number of hydrogen-bond acceptors (Lipinski definition) is 2. The zero-order valence-electron chi connectivity index (χ0n) is 4.69. The van der Waals surface area contributed by atoms with Crippen LogP contribution in [0.1, 0.15) is 12.8 Å². The van der Waals surface area contributed by atoms with Gasteiger partial charge in [0.25, 0.3) is 0 Å². The third-order valence-corrected chi connectivity index (χ3v) is 0.797. The van der Waals surface area contributed by atoms with Crippen molar-refractivity contribution in [1.82, 2.24) is 0 Å². The first-order chi connectivity index (χ1) is 3.81. The molecule has 0 fully saturated rings. The van der Waals surface area contributed by atoms with E-state index in [1.54, 1.807) is 0 Å². The summed E-state index contributed by atoms with van der Waals surface area (Å²) in [6.07, 6.45) is 0.334. The highest BCUT2D eigenvalue weighted by Gasteiger charge is 1.96. The van der Waals surface area contributed by atoms with Gasteiger partial charge in [0.2, 0.25) is 0 Å². The van der Waals surface area contributed by atoms with Crippen LogP contribution in [0.15, 0.2) is 0 Å². The summed E-state index contributed by atoms with van der Waals surface area (Å²) >= 11 is 0. The van der Waals surface area contributed by atoms with E-state index in [-0.39, 0.29) is 12.2 Å². The van der Waals surface area contributed by atoms with Crippen LogP contribution in [0.5, 0.6) is 0 Å². The number of halogens is 1. The van der Waals surface area contributed by atoms with E-state index in [2.05, 4.69) is 0 Å². The molecule has 0 saturated heterocycles. The van der Waals surface area contributed by atoms with Crippen molar-refractivity contribution in [2.75, 3.05) is 13.2 Å². The number of alkyl halides is 1. The average Bonchev–Trinajstić information content (AvgIpc) is 1.68. The van der Waals surface area contributed by atoms with Gasteiger partial charge in [0, 0.05) is 12.8 Å². The number of rotatable bonds is 4. The summed E-state index contributed by atoms with van der Waals surface area (Å²) in [6.45, 7) is -0.225. The van der Waals surface area contributed by atoms with Gasteiger partial charge in [0.15, 0.2) is 0 Å². The molecule has 0 heterocycles. The maximum absolute atomic E-state index is 11.3. The van der Waals surface area contributed by atoms with Gasteiger partial charge in [-0.05, 0) is 6.54 Å². The Hall–Kier alpha value is -0.440. The van der Waals surface area contributed by atoms with Crippen molar-refractivity contribution < 1.29 is 9.18 Å². The van der Waals surface area contributed by atoms with Crippen molar-refractivity contribution in [3.8, 4) is 0 Å². The largest absolute Gasteiger partial charge is 0.330 e. The Morgan fingerprint density at radius 3 is 2.50 bits per heavy atom. The fourth-order valence-electron chi connectivity index (χ4n) is 0.391. The number of carbonyl (C=O) groups is 1. The van der Waals surface area contributed by atoms with E-state index in [1.165, 1.54) is 0 Å². The molecule has 0 aliphatic rings. The van der Waals surface area contributed by atoms with Gasteiger partial charge >= 0.3 is 0 Å². The average molecular weight is 119 g/mol. The first kappa shape index (κ1) is 7.56. The van der Waals surface area contributed by atoms with Crippen LogP contribution in [-0.4, -0.2) is 19.0 Å². The molecule has 2 N–H and O–H groups in total. The molecule has 0 amide bonds. The topological polar surface area (TPSA) is 43.1 Å². The third-order valence-electron chi connectivity index (χ3n) is 0.797. The molecule has 8 heavy (non-hydrogen) atoms. The summed E-state index contributed by atoms with van der Waals surface area (Å²) in [7, 11) is 0. The van der Waals surface area contributed by atoms with Crippen LogP contribution >= 0.6 is 0 Å². The Kier molecular flexibility index (Phi) is 4.45. The molecule has 0 aliphatic carbocycles. The molecule has 0 aromatic carbocycles. The van der Waals surface area contributed by atoms with Gasteiger partial charge in [0.1, 0.15) is 5.78 Å². The zero-order valence-corrected chi connectivity index (χ0v) is 4.69. The van der Waals surface area contributed by atoms with E-state index in [1.807, 2.05) is 0 Å². The quantitative estimate of drug-likeness (QED) is 0.577. The summed E-state index contributed by atoms with van der Waals surface area (Å²) in [5, 5.41) is 0. The van der Waals surface area contributed by atoms with E-state index in [0.29, 0.717) is 13.0 Å². The molecule has 0 aromatic rings. The molecular weight excluding hydrogens is 109 g/mol. The third kappa shape index (κ3) is 3.74. The normalized spacial score (nSPS) is 9.25. The van der Waals surface area contributed by atoms with Crippen molar-refractivity contribution >= 4 is 5.78 Å². The highest BCUT2D eigenvalue weighted by Crippen LogP contribution is 1.87. The number of carbonyl (C=O) groups excluding carboxylic acids is 1. The van der Waals surface area contributed by atoms with Crippen LogP contribution in [0, 0.1) is 0 Å². The van der Waals surface area contributed by atoms with E-state index in [0.717, 1.165) is 0 Å². The van der Waals surface area contributed by atoms with Crippen LogP contribution in [0.25, 0.3) is 0 Å². The Morgan fingerprint density at radius 1 is 1.50 bits per heavy atom. The maximum Gasteiger partial charge on any atom is 0.136 e. The lowest BCUT2D eigenvalue weighted by Gasteiger charge is -1.90. The molecule has 3 heteroatoms. The Morgan fingerprint density at radius 2 is 2.12 bits per heavy atom. The van der Waals surface area contributed by atoms with Crippen LogP contribution in [0.4, 0.5) is 4.39 Å². The lowest BCUT2D eigenvalue weighted by Crippen LogP contribution is -2.07. The van der Waals surface area contributed by atoms with Crippen molar-refractivity contribution in [2.45, 2.75) is 12.8 Å². The molecule has 0 saturated carbocycles. The molecule has 0 atom stereocenters.